The molecule has 2 N–H and O–H groups in total. The molecule has 0 saturated carbocycles. The number of ether oxygens (including phenoxy) is 1. The molecule has 34 heavy (non-hydrogen) atoms. The van der Waals surface area contributed by atoms with E-state index in [0.29, 0.717) is 5.69 Å². The molecular formula is C26H26F3N3O2. The molecule has 8 heteroatoms. The summed E-state index contributed by atoms with van der Waals surface area (Å²) in [6.45, 7) is 1.49. The number of amides is 1. The van der Waals surface area contributed by atoms with Crippen molar-refractivity contribution in [3.8, 4) is 16.9 Å². The zero-order valence-corrected chi connectivity index (χ0v) is 18.6. The molecule has 1 fully saturated rings. The Morgan fingerprint density at radius 2 is 1.74 bits per heavy atom. The molecule has 0 radical (unpaired) electrons. The van der Waals surface area contributed by atoms with E-state index in [1.54, 1.807) is 24.4 Å². The van der Waals surface area contributed by atoms with Crippen LogP contribution in [0.4, 0.5) is 13.2 Å². The first-order valence-electron chi connectivity index (χ1n) is 11.3. The summed E-state index contributed by atoms with van der Waals surface area (Å²) in [6.07, 6.45) is 3.30. The normalized spacial score (nSPS) is 15.0. The molecule has 1 amide bonds. The molecule has 3 aromatic rings. The van der Waals surface area contributed by atoms with Crippen LogP contribution in [0.2, 0.25) is 0 Å². The number of para-hydroxylation sites is 1. The number of nitrogens with one attached hydrogen (secondary N) is 2. The molecular weight excluding hydrogens is 443 g/mol. The summed E-state index contributed by atoms with van der Waals surface area (Å²) in [5, 5.41) is 6.31. The smallest absolute Gasteiger partial charge is 0.223 e. The lowest BCUT2D eigenvalue weighted by Crippen LogP contribution is -2.40. The van der Waals surface area contributed by atoms with Crippen LogP contribution in [0.15, 0.2) is 60.8 Å². The Balaban J connectivity index is 1.58. The Morgan fingerprint density at radius 1 is 1.03 bits per heavy atom. The van der Waals surface area contributed by atoms with E-state index in [4.69, 9.17) is 4.74 Å². The lowest BCUT2D eigenvalue weighted by Gasteiger charge is -2.26. The Kier molecular flexibility index (Phi) is 7.80. The first kappa shape index (κ1) is 23.8. The zero-order chi connectivity index (χ0) is 23.9. The summed E-state index contributed by atoms with van der Waals surface area (Å²) in [5.41, 5.74) is 2.05. The third-order valence-electron chi connectivity index (χ3n) is 5.92. The van der Waals surface area contributed by atoms with Gasteiger partial charge in [0.1, 0.15) is 5.82 Å². The molecule has 1 aromatic heterocycles. The maximum atomic E-state index is 14.0. The van der Waals surface area contributed by atoms with Crippen LogP contribution in [-0.4, -0.2) is 30.6 Å². The van der Waals surface area contributed by atoms with E-state index < -0.39 is 23.4 Å². The number of hydrogen-bond donors (Lipinski definition) is 2. The molecule has 0 aliphatic carbocycles. The quantitative estimate of drug-likeness (QED) is 0.498. The van der Waals surface area contributed by atoms with Gasteiger partial charge in [-0.1, -0.05) is 24.3 Å². The number of benzene rings is 2. The lowest BCUT2D eigenvalue weighted by atomic mass is 9.94. The number of aromatic nitrogens is 1. The van der Waals surface area contributed by atoms with Crippen molar-refractivity contribution >= 4 is 5.91 Å². The molecule has 0 bridgehead atoms. The largest absolute Gasteiger partial charge is 0.488 e. The van der Waals surface area contributed by atoms with Gasteiger partial charge in [0.2, 0.25) is 5.91 Å². The average Bonchev–Trinajstić information content (AvgIpc) is 2.86. The van der Waals surface area contributed by atoms with Crippen LogP contribution in [0.1, 0.15) is 31.0 Å². The third kappa shape index (κ3) is 5.75. The van der Waals surface area contributed by atoms with Crippen LogP contribution in [0.25, 0.3) is 11.1 Å². The summed E-state index contributed by atoms with van der Waals surface area (Å²) in [6, 6.07) is 12.6. The van der Waals surface area contributed by atoms with Crippen molar-refractivity contribution in [3.63, 3.8) is 0 Å². The van der Waals surface area contributed by atoms with Crippen molar-refractivity contribution < 1.29 is 22.7 Å². The number of hydrogen-bond acceptors (Lipinski definition) is 4. The fraction of sp³-hybridized carbons (Fsp3) is 0.308. The second kappa shape index (κ2) is 11.2. The number of piperidine rings is 1. The van der Waals surface area contributed by atoms with Crippen molar-refractivity contribution in [3.05, 3.63) is 83.9 Å². The number of halogens is 3. The van der Waals surface area contributed by atoms with Gasteiger partial charge in [0, 0.05) is 24.1 Å². The highest BCUT2D eigenvalue weighted by atomic mass is 19.1. The number of rotatable bonds is 8. The van der Waals surface area contributed by atoms with Gasteiger partial charge in [-0.15, -0.1) is 0 Å². The second-order valence-electron chi connectivity index (χ2n) is 8.22. The minimum absolute atomic E-state index is 0.0472. The van der Waals surface area contributed by atoms with Crippen LogP contribution in [-0.2, 0) is 4.79 Å². The Labute approximate surface area is 196 Å². The summed E-state index contributed by atoms with van der Waals surface area (Å²) >= 11 is 0. The summed E-state index contributed by atoms with van der Waals surface area (Å²) in [7, 11) is 0. The second-order valence-corrected chi connectivity index (χ2v) is 8.22. The zero-order valence-electron chi connectivity index (χ0n) is 18.6. The molecule has 1 saturated heterocycles. The van der Waals surface area contributed by atoms with Crippen LogP contribution < -0.4 is 15.4 Å². The molecule has 2 aromatic carbocycles. The van der Waals surface area contributed by atoms with Crippen molar-refractivity contribution in [2.45, 2.75) is 25.3 Å². The fourth-order valence-electron chi connectivity index (χ4n) is 4.12. The van der Waals surface area contributed by atoms with Gasteiger partial charge < -0.3 is 15.4 Å². The number of pyridine rings is 1. The molecule has 178 valence electrons. The molecule has 1 atom stereocenters. The monoisotopic (exact) mass is 469 g/mol. The Morgan fingerprint density at radius 3 is 2.44 bits per heavy atom. The molecule has 2 heterocycles. The number of carbonyl (C=O) groups excluding carboxylic acids is 1. The van der Waals surface area contributed by atoms with Gasteiger partial charge in [-0.3, -0.25) is 9.78 Å². The number of nitrogens with zero attached hydrogens (tertiary/aromatic N) is 1. The van der Waals surface area contributed by atoms with E-state index in [0.717, 1.165) is 49.2 Å². The van der Waals surface area contributed by atoms with E-state index >= 15 is 0 Å². The molecule has 5 nitrogen and oxygen atoms in total. The van der Waals surface area contributed by atoms with Gasteiger partial charge >= 0.3 is 0 Å². The van der Waals surface area contributed by atoms with E-state index in [1.165, 1.54) is 18.2 Å². The molecule has 4 rings (SSSR count). The summed E-state index contributed by atoms with van der Waals surface area (Å²) in [4.78, 5) is 17.6. The molecule has 1 aliphatic heterocycles. The van der Waals surface area contributed by atoms with E-state index in [2.05, 4.69) is 15.6 Å². The topological polar surface area (TPSA) is 63.2 Å². The van der Waals surface area contributed by atoms with Crippen molar-refractivity contribution in [1.29, 1.82) is 0 Å². The van der Waals surface area contributed by atoms with Gasteiger partial charge in [0.15, 0.2) is 17.4 Å². The number of carbonyl (C=O) groups is 1. The third-order valence-corrected chi connectivity index (χ3v) is 5.92. The van der Waals surface area contributed by atoms with Crippen molar-refractivity contribution in [2.75, 3.05) is 19.7 Å². The minimum Gasteiger partial charge on any atom is -0.488 e. The first-order valence-corrected chi connectivity index (χ1v) is 11.3. The van der Waals surface area contributed by atoms with Crippen molar-refractivity contribution in [1.82, 2.24) is 15.6 Å². The standard InChI is InChI=1S/C26H26F3N3O2/c27-19-8-6-17(7-9-19)20-3-2-13-31-24(20)23(32-26(33)18-10-14-30-15-11-18)12-16-34-25-21(28)4-1-5-22(25)29/h1-9,13,18,23,30H,10-12,14-16H2,(H,32,33). The molecule has 0 spiro atoms. The molecule has 1 aliphatic rings. The molecule has 1 unspecified atom stereocenters. The summed E-state index contributed by atoms with van der Waals surface area (Å²) < 4.78 is 46.9. The fourth-order valence-corrected chi connectivity index (χ4v) is 4.12. The lowest BCUT2D eigenvalue weighted by molar-refractivity contribution is -0.126. The van der Waals surface area contributed by atoms with Gasteiger partial charge in [0.25, 0.3) is 0 Å². The maximum Gasteiger partial charge on any atom is 0.223 e. The van der Waals surface area contributed by atoms with Crippen LogP contribution in [0.3, 0.4) is 0 Å². The van der Waals surface area contributed by atoms with Crippen LogP contribution in [0.5, 0.6) is 5.75 Å². The highest BCUT2D eigenvalue weighted by Gasteiger charge is 2.26. The minimum atomic E-state index is -0.792. The highest BCUT2D eigenvalue weighted by molar-refractivity contribution is 5.79. The Bertz CT molecular complexity index is 1100. The SMILES string of the molecule is O=C(NC(CCOc1c(F)cccc1F)c1ncccc1-c1ccc(F)cc1)C1CCNCC1. The Hall–Kier alpha value is -3.39. The van der Waals surface area contributed by atoms with Crippen molar-refractivity contribution in [2.24, 2.45) is 5.92 Å². The van der Waals surface area contributed by atoms with Crippen LogP contribution >= 0.6 is 0 Å². The predicted molar refractivity (Wildman–Crippen MR) is 123 cm³/mol. The van der Waals surface area contributed by atoms with Gasteiger partial charge in [-0.05, 0) is 61.8 Å². The van der Waals surface area contributed by atoms with Gasteiger partial charge in [-0.25, -0.2) is 13.2 Å². The van der Waals surface area contributed by atoms with Gasteiger partial charge in [0.05, 0.1) is 18.3 Å². The highest BCUT2D eigenvalue weighted by Crippen LogP contribution is 2.30. The van der Waals surface area contributed by atoms with E-state index in [-0.39, 0.29) is 30.7 Å². The summed E-state index contributed by atoms with van der Waals surface area (Å²) in [5.74, 6) is -2.62. The van der Waals surface area contributed by atoms with Gasteiger partial charge in [-0.2, -0.15) is 0 Å². The van der Waals surface area contributed by atoms with E-state index in [1.807, 2.05) is 6.07 Å². The maximum absolute atomic E-state index is 14.0. The van der Waals surface area contributed by atoms with Crippen LogP contribution in [0, 0.1) is 23.4 Å². The average molecular weight is 470 g/mol. The van der Waals surface area contributed by atoms with E-state index in [9.17, 15) is 18.0 Å². The predicted octanol–water partition coefficient (Wildman–Crippen LogP) is 4.79. The first-order chi connectivity index (χ1) is 16.5.